The van der Waals surface area contributed by atoms with E-state index in [0.717, 1.165) is 0 Å². The van der Waals surface area contributed by atoms with Crippen LogP contribution in [0.4, 0.5) is 10.1 Å². The van der Waals surface area contributed by atoms with Crippen LogP contribution in [0.15, 0.2) is 42.5 Å². The van der Waals surface area contributed by atoms with Gasteiger partial charge in [0.2, 0.25) is 0 Å². The van der Waals surface area contributed by atoms with Gasteiger partial charge >= 0.3 is 5.97 Å². The number of esters is 1. The number of carbonyl (C=O) groups is 2. The maximum atomic E-state index is 12.7. The molecule has 1 amide bonds. The van der Waals surface area contributed by atoms with Crippen LogP contribution in [0.5, 0.6) is 0 Å². The van der Waals surface area contributed by atoms with E-state index in [1.54, 1.807) is 0 Å². The molecule has 0 fully saturated rings. The molecule has 0 radical (unpaired) electrons. The summed E-state index contributed by atoms with van der Waals surface area (Å²) in [6, 6.07) is 9.44. The van der Waals surface area contributed by atoms with Crippen molar-refractivity contribution in [2.24, 2.45) is 0 Å². The van der Waals surface area contributed by atoms with Gasteiger partial charge in [-0.1, -0.05) is 23.2 Å². The molecule has 0 aromatic heterocycles. The van der Waals surface area contributed by atoms with Crippen LogP contribution in [0.25, 0.3) is 0 Å². The van der Waals surface area contributed by atoms with Crippen molar-refractivity contribution < 1.29 is 18.7 Å². The average molecular weight is 342 g/mol. The predicted octanol–water partition coefficient (Wildman–Crippen LogP) is 3.93. The van der Waals surface area contributed by atoms with E-state index >= 15 is 0 Å². The average Bonchev–Trinajstić information content (AvgIpc) is 2.46. The van der Waals surface area contributed by atoms with Gasteiger partial charge in [0, 0.05) is 15.7 Å². The van der Waals surface area contributed by atoms with E-state index in [1.165, 1.54) is 42.5 Å². The minimum atomic E-state index is -0.723. The Morgan fingerprint density at radius 1 is 1.05 bits per heavy atom. The molecule has 22 heavy (non-hydrogen) atoms. The molecule has 0 aliphatic heterocycles. The number of nitrogens with one attached hydrogen (secondary N) is 1. The highest BCUT2D eigenvalue weighted by Crippen LogP contribution is 2.19. The normalized spacial score (nSPS) is 10.1. The third kappa shape index (κ3) is 4.72. The minimum Gasteiger partial charge on any atom is -0.452 e. The molecule has 0 aliphatic rings. The number of carbonyl (C=O) groups excluding carboxylic acids is 2. The van der Waals surface area contributed by atoms with Crippen LogP contribution < -0.4 is 5.32 Å². The van der Waals surface area contributed by atoms with Crippen LogP contribution >= 0.6 is 23.2 Å². The van der Waals surface area contributed by atoms with Gasteiger partial charge in [0.15, 0.2) is 6.61 Å². The number of anilines is 1. The number of hydrogen-bond donors (Lipinski definition) is 1. The Morgan fingerprint density at radius 2 is 1.64 bits per heavy atom. The Balaban J connectivity index is 1.90. The fourth-order valence-electron chi connectivity index (χ4n) is 1.62. The lowest BCUT2D eigenvalue weighted by Crippen LogP contribution is -2.20. The highest BCUT2D eigenvalue weighted by molar-refractivity contribution is 6.35. The van der Waals surface area contributed by atoms with E-state index in [2.05, 4.69) is 5.32 Å². The maximum absolute atomic E-state index is 12.7. The molecule has 0 unspecified atom stereocenters. The largest absolute Gasteiger partial charge is 0.452 e. The first kappa shape index (κ1) is 16.3. The van der Waals surface area contributed by atoms with Gasteiger partial charge in [0.25, 0.3) is 5.91 Å². The standard InChI is InChI=1S/C15H10Cl2FNO3/c16-10-5-9(6-11(17)7-10)15(21)22-8-14(20)19-13-3-1-12(18)2-4-13/h1-7H,8H2,(H,19,20). The number of benzene rings is 2. The van der Waals surface area contributed by atoms with E-state index in [-0.39, 0.29) is 15.6 Å². The second-order valence-corrected chi connectivity index (χ2v) is 5.16. The van der Waals surface area contributed by atoms with Crippen LogP contribution in [-0.4, -0.2) is 18.5 Å². The van der Waals surface area contributed by atoms with Crippen molar-refractivity contribution in [3.63, 3.8) is 0 Å². The minimum absolute atomic E-state index is 0.145. The fraction of sp³-hybridized carbons (Fsp3) is 0.0667. The highest BCUT2D eigenvalue weighted by atomic mass is 35.5. The first-order valence-electron chi connectivity index (χ1n) is 6.12. The van der Waals surface area contributed by atoms with E-state index in [1.807, 2.05) is 0 Å². The second-order valence-electron chi connectivity index (χ2n) is 4.29. The quantitative estimate of drug-likeness (QED) is 0.857. The monoisotopic (exact) mass is 341 g/mol. The van der Waals surface area contributed by atoms with Crippen LogP contribution in [-0.2, 0) is 9.53 Å². The predicted molar refractivity (Wildman–Crippen MR) is 81.8 cm³/mol. The Bertz CT molecular complexity index is 684. The summed E-state index contributed by atoms with van der Waals surface area (Å²) >= 11 is 11.5. The summed E-state index contributed by atoms with van der Waals surface area (Å²) in [6.45, 7) is -0.486. The SMILES string of the molecule is O=C(COC(=O)c1cc(Cl)cc(Cl)c1)Nc1ccc(F)cc1. The van der Waals surface area contributed by atoms with Gasteiger partial charge in [0.05, 0.1) is 5.56 Å². The summed E-state index contributed by atoms with van der Waals surface area (Å²) < 4.78 is 17.6. The molecule has 2 rings (SSSR count). The summed E-state index contributed by atoms with van der Waals surface area (Å²) in [4.78, 5) is 23.4. The van der Waals surface area contributed by atoms with Crippen molar-refractivity contribution in [2.45, 2.75) is 0 Å². The van der Waals surface area contributed by atoms with Crippen molar-refractivity contribution in [3.05, 3.63) is 63.9 Å². The third-order valence-corrected chi connectivity index (χ3v) is 3.00. The molecule has 0 saturated heterocycles. The molecular weight excluding hydrogens is 332 g/mol. The number of hydrogen-bond acceptors (Lipinski definition) is 3. The molecule has 1 N–H and O–H groups in total. The first-order chi connectivity index (χ1) is 10.4. The Morgan fingerprint density at radius 3 is 2.23 bits per heavy atom. The molecule has 0 spiro atoms. The lowest BCUT2D eigenvalue weighted by atomic mass is 10.2. The third-order valence-electron chi connectivity index (χ3n) is 2.56. The van der Waals surface area contributed by atoms with Crippen molar-refractivity contribution in [1.29, 1.82) is 0 Å². The van der Waals surface area contributed by atoms with Crippen LogP contribution in [0.2, 0.25) is 10.0 Å². The number of halogens is 3. The summed E-state index contributed by atoms with van der Waals surface area (Å²) in [5.41, 5.74) is 0.542. The lowest BCUT2D eigenvalue weighted by Gasteiger charge is -2.07. The van der Waals surface area contributed by atoms with Gasteiger partial charge in [-0.2, -0.15) is 0 Å². The second kappa shape index (κ2) is 7.24. The van der Waals surface area contributed by atoms with Crippen LogP contribution in [0.1, 0.15) is 10.4 Å². The molecule has 0 heterocycles. The smallest absolute Gasteiger partial charge is 0.338 e. The summed E-state index contributed by atoms with van der Waals surface area (Å²) in [5.74, 6) is -1.69. The van der Waals surface area contributed by atoms with E-state index in [9.17, 15) is 14.0 Å². The number of rotatable bonds is 4. The summed E-state index contributed by atoms with van der Waals surface area (Å²) in [6.07, 6.45) is 0. The van der Waals surface area contributed by atoms with Crippen molar-refractivity contribution in [2.75, 3.05) is 11.9 Å². The fourth-order valence-corrected chi connectivity index (χ4v) is 2.14. The van der Waals surface area contributed by atoms with Gasteiger partial charge < -0.3 is 10.1 Å². The molecule has 2 aromatic rings. The lowest BCUT2D eigenvalue weighted by molar-refractivity contribution is -0.119. The van der Waals surface area contributed by atoms with Gasteiger partial charge in [-0.15, -0.1) is 0 Å². The molecule has 2 aromatic carbocycles. The van der Waals surface area contributed by atoms with Crippen LogP contribution in [0, 0.1) is 5.82 Å². The molecule has 0 aliphatic carbocycles. The zero-order chi connectivity index (χ0) is 16.1. The van der Waals surface area contributed by atoms with E-state index in [0.29, 0.717) is 5.69 Å². The highest BCUT2D eigenvalue weighted by Gasteiger charge is 2.12. The molecule has 7 heteroatoms. The zero-order valence-electron chi connectivity index (χ0n) is 11.1. The van der Waals surface area contributed by atoms with E-state index in [4.69, 9.17) is 27.9 Å². The van der Waals surface area contributed by atoms with Gasteiger partial charge in [-0.25, -0.2) is 9.18 Å². The summed E-state index contributed by atoms with van der Waals surface area (Å²) in [5, 5.41) is 3.04. The summed E-state index contributed by atoms with van der Waals surface area (Å²) in [7, 11) is 0. The number of amides is 1. The molecule has 0 bridgehead atoms. The van der Waals surface area contributed by atoms with Crippen molar-refractivity contribution >= 4 is 40.8 Å². The number of ether oxygens (including phenoxy) is 1. The molecule has 4 nitrogen and oxygen atoms in total. The Kier molecular flexibility index (Phi) is 5.35. The Hall–Kier alpha value is -2.11. The van der Waals surface area contributed by atoms with Crippen LogP contribution in [0.3, 0.4) is 0 Å². The van der Waals surface area contributed by atoms with Crippen molar-refractivity contribution in [1.82, 2.24) is 0 Å². The zero-order valence-corrected chi connectivity index (χ0v) is 12.6. The van der Waals surface area contributed by atoms with E-state index < -0.39 is 24.3 Å². The topological polar surface area (TPSA) is 55.4 Å². The van der Waals surface area contributed by atoms with Gasteiger partial charge in [0.1, 0.15) is 5.82 Å². The maximum Gasteiger partial charge on any atom is 0.338 e. The molecule has 0 atom stereocenters. The first-order valence-corrected chi connectivity index (χ1v) is 6.88. The van der Waals surface area contributed by atoms with Gasteiger partial charge in [-0.3, -0.25) is 4.79 Å². The Labute approximate surface area is 135 Å². The van der Waals surface area contributed by atoms with Crippen molar-refractivity contribution in [3.8, 4) is 0 Å². The molecular formula is C15H10Cl2FNO3. The molecule has 0 saturated carbocycles. The molecule has 114 valence electrons. The van der Waals surface area contributed by atoms with Gasteiger partial charge in [-0.05, 0) is 42.5 Å².